The highest BCUT2D eigenvalue weighted by molar-refractivity contribution is 6.31. The molecule has 4 nitrogen and oxygen atoms in total. The lowest BCUT2D eigenvalue weighted by Gasteiger charge is -2.38. The van der Waals surface area contributed by atoms with Gasteiger partial charge in [-0.25, -0.2) is 0 Å². The van der Waals surface area contributed by atoms with Crippen molar-refractivity contribution < 1.29 is 14.7 Å². The van der Waals surface area contributed by atoms with Crippen LogP contribution in [0.2, 0.25) is 5.02 Å². The van der Waals surface area contributed by atoms with E-state index in [1.807, 2.05) is 0 Å². The van der Waals surface area contributed by atoms with Crippen molar-refractivity contribution in [2.75, 3.05) is 5.32 Å². The smallest absolute Gasteiger partial charge is 0.314 e. The van der Waals surface area contributed by atoms with Crippen molar-refractivity contribution >= 4 is 29.2 Å². The zero-order valence-corrected chi connectivity index (χ0v) is 13.1. The van der Waals surface area contributed by atoms with E-state index in [1.165, 1.54) is 0 Å². The summed E-state index contributed by atoms with van der Waals surface area (Å²) in [5.41, 5.74) is 1.13. The van der Waals surface area contributed by atoms with Crippen molar-refractivity contribution in [1.82, 2.24) is 0 Å². The van der Waals surface area contributed by atoms with Gasteiger partial charge in [-0.1, -0.05) is 36.2 Å². The number of anilines is 1. The second-order valence-electron chi connectivity index (χ2n) is 5.78. The molecule has 0 aromatic heterocycles. The van der Waals surface area contributed by atoms with Crippen molar-refractivity contribution in [3.63, 3.8) is 0 Å². The molecule has 0 saturated heterocycles. The van der Waals surface area contributed by atoms with Crippen LogP contribution in [0, 0.1) is 0 Å². The number of amides is 1. The number of rotatable bonds is 4. The summed E-state index contributed by atoms with van der Waals surface area (Å²) in [6, 6.07) is 13.7. The molecule has 0 atom stereocenters. The monoisotopic (exact) mass is 329 g/mol. The Morgan fingerprint density at radius 3 is 2.30 bits per heavy atom. The molecule has 0 heterocycles. The van der Waals surface area contributed by atoms with Gasteiger partial charge in [0.2, 0.25) is 0 Å². The minimum Gasteiger partial charge on any atom is -0.481 e. The maximum Gasteiger partial charge on any atom is 0.314 e. The third kappa shape index (κ3) is 2.94. The Hall–Kier alpha value is -2.33. The van der Waals surface area contributed by atoms with E-state index in [2.05, 4.69) is 5.32 Å². The predicted molar refractivity (Wildman–Crippen MR) is 89.0 cm³/mol. The molecule has 23 heavy (non-hydrogen) atoms. The molecular weight excluding hydrogens is 314 g/mol. The molecule has 118 valence electrons. The Kier molecular flexibility index (Phi) is 4.09. The van der Waals surface area contributed by atoms with Crippen LogP contribution in [-0.2, 0) is 10.2 Å². The zero-order valence-electron chi connectivity index (χ0n) is 12.4. The van der Waals surface area contributed by atoms with Crippen LogP contribution >= 0.6 is 11.6 Å². The van der Waals surface area contributed by atoms with Gasteiger partial charge in [-0.05, 0) is 48.7 Å². The molecule has 1 saturated carbocycles. The Balaban J connectivity index is 1.75. The number of aliphatic carboxylic acids is 1. The Bertz CT molecular complexity index is 751. The number of hydrogen-bond donors (Lipinski definition) is 2. The second-order valence-corrected chi connectivity index (χ2v) is 6.22. The number of carbonyl (C=O) groups excluding carboxylic acids is 1. The second kappa shape index (κ2) is 6.05. The third-order valence-electron chi connectivity index (χ3n) is 4.40. The minimum absolute atomic E-state index is 0.253. The van der Waals surface area contributed by atoms with Crippen molar-refractivity contribution in [3.05, 3.63) is 64.7 Å². The fourth-order valence-electron chi connectivity index (χ4n) is 2.86. The van der Waals surface area contributed by atoms with Gasteiger partial charge >= 0.3 is 5.97 Å². The van der Waals surface area contributed by atoms with Gasteiger partial charge in [-0.3, -0.25) is 9.59 Å². The topological polar surface area (TPSA) is 66.4 Å². The Morgan fingerprint density at radius 1 is 1.09 bits per heavy atom. The van der Waals surface area contributed by atoms with Gasteiger partial charge in [0.1, 0.15) is 0 Å². The summed E-state index contributed by atoms with van der Waals surface area (Å²) < 4.78 is 0. The van der Waals surface area contributed by atoms with Crippen LogP contribution in [-0.4, -0.2) is 17.0 Å². The summed E-state index contributed by atoms with van der Waals surface area (Å²) >= 11 is 5.88. The van der Waals surface area contributed by atoms with Gasteiger partial charge in [0.25, 0.3) is 5.91 Å². The first kappa shape index (κ1) is 15.6. The molecule has 2 aromatic carbocycles. The van der Waals surface area contributed by atoms with Gasteiger partial charge in [-0.2, -0.15) is 0 Å². The lowest BCUT2D eigenvalue weighted by Crippen LogP contribution is -2.42. The maximum absolute atomic E-state index is 12.2. The molecular formula is C18H16ClNO3. The summed E-state index contributed by atoms with van der Waals surface area (Å²) in [4.78, 5) is 23.7. The summed E-state index contributed by atoms with van der Waals surface area (Å²) in [6.07, 6.45) is 2.26. The number of nitrogens with one attached hydrogen (secondary N) is 1. The molecule has 1 aliphatic rings. The standard InChI is InChI=1S/C18H16ClNO3/c19-14-4-1-3-12(11-14)16(21)20-15-7-5-13(6-8-15)18(17(22)23)9-2-10-18/h1,3-8,11H,2,9-10H2,(H,20,21)(H,22,23). The maximum atomic E-state index is 12.2. The summed E-state index contributed by atoms with van der Waals surface area (Å²) in [5, 5.41) is 12.7. The van der Waals surface area contributed by atoms with Gasteiger partial charge in [0, 0.05) is 16.3 Å². The first-order chi connectivity index (χ1) is 11.0. The molecule has 2 N–H and O–H groups in total. The van der Waals surface area contributed by atoms with E-state index in [0.717, 1.165) is 12.0 Å². The fourth-order valence-corrected chi connectivity index (χ4v) is 3.05. The molecule has 0 radical (unpaired) electrons. The van der Waals surface area contributed by atoms with Crippen LogP contribution in [0.3, 0.4) is 0 Å². The molecule has 0 spiro atoms. The Morgan fingerprint density at radius 2 is 1.78 bits per heavy atom. The third-order valence-corrected chi connectivity index (χ3v) is 4.63. The normalized spacial score (nSPS) is 15.5. The van der Waals surface area contributed by atoms with Crippen LogP contribution < -0.4 is 5.32 Å². The first-order valence-corrected chi connectivity index (χ1v) is 7.80. The van der Waals surface area contributed by atoms with Gasteiger partial charge < -0.3 is 10.4 Å². The molecule has 1 fully saturated rings. The van der Waals surface area contributed by atoms with Crippen LogP contribution in [0.25, 0.3) is 0 Å². The number of benzene rings is 2. The van der Waals surface area contributed by atoms with Crippen molar-refractivity contribution in [2.24, 2.45) is 0 Å². The number of carbonyl (C=O) groups is 2. The van der Waals surface area contributed by atoms with Gasteiger partial charge in [-0.15, -0.1) is 0 Å². The predicted octanol–water partition coefficient (Wildman–Crippen LogP) is 4.10. The molecule has 5 heteroatoms. The van der Waals surface area contributed by atoms with Crippen LogP contribution in [0.5, 0.6) is 0 Å². The number of carboxylic acid groups (broad SMARTS) is 1. The molecule has 1 amide bonds. The Labute approximate surface area is 139 Å². The lowest BCUT2D eigenvalue weighted by molar-refractivity contribution is -0.147. The number of carboxylic acids is 1. The SMILES string of the molecule is O=C(Nc1ccc(C2(C(=O)O)CCC2)cc1)c1cccc(Cl)c1. The number of hydrogen-bond acceptors (Lipinski definition) is 2. The average molecular weight is 330 g/mol. The van der Waals surface area contributed by atoms with E-state index >= 15 is 0 Å². The summed E-state index contributed by atoms with van der Waals surface area (Å²) in [5.74, 6) is -1.03. The van der Waals surface area contributed by atoms with Crippen LogP contribution in [0.1, 0.15) is 35.2 Å². The lowest BCUT2D eigenvalue weighted by atomic mass is 9.64. The quantitative estimate of drug-likeness (QED) is 0.887. The summed E-state index contributed by atoms with van der Waals surface area (Å²) in [6.45, 7) is 0. The molecule has 0 unspecified atom stereocenters. The van der Waals surface area contributed by atoms with Crippen LogP contribution in [0.4, 0.5) is 5.69 Å². The van der Waals surface area contributed by atoms with Gasteiger partial charge in [0.15, 0.2) is 0 Å². The fraction of sp³-hybridized carbons (Fsp3) is 0.222. The van der Waals surface area contributed by atoms with Crippen molar-refractivity contribution in [3.8, 4) is 0 Å². The highest BCUT2D eigenvalue weighted by atomic mass is 35.5. The molecule has 2 aromatic rings. The number of halogens is 1. The van der Waals surface area contributed by atoms with E-state index in [4.69, 9.17) is 11.6 Å². The largest absolute Gasteiger partial charge is 0.481 e. The molecule has 0 aliphatic heterocycles. The van der Waals surface area contributed by atoms with Gasteiger partial charge in [0.05, 0.1) is 5.41 Å². The van der Waals surface area contributed by atoms with Crippen molar-refractivity contribution in [2.45, 2.75) is 24.7 Å². The van der Waals surface area contributed by atoms with Crippen molar-refractivity contribution in [1.29, 1.82) is 0 Å². The highest BCUT2D eigenvalue weighted by Gasteiger charge is 2.45. The first-order valence-electron chi connectivity index (χ1n) is 7.42. The highest BCUT2D eigenvalue weighted by Crippen LogP contribution is 2.44. The van der Waals surface area contributed by atoms with E-state index in [-0.39, 0.29) is 5.91 Å². The zero-order chi connectivity index (χ0) is 16.4. The van der Waals surface area contributed by atoms with E-state index in [0.29, 0.717) is 29.1 Å². The van der Waals surface area contributed by atoms with E-state index in [9.17, 15) is 14.7 Å². The van der Waals surface area contributed by atoms with E-state index in [1.54, 1.807) is 48.5 Å². The van der Waals surface area contributed by atoms with E-state index < -0.39 is 11.4 Å². The molecule has 3 rings (SSSR count). The molecule has 1 aliphatic carbocycles. The average Bonchev–Trinajstić information content (AvgIpc) is 2.47. The molecule has 0 bridgehead atoms. The summed E-state index contributed by atoms with van der Waals surface area (Å²) in [7, 11) is 0. The van der Waals surface area contributed by atoms with Crippen LogP contribution in [0.15, 0.2) is 48.5 Å². The minimum atomic E-state index is -0.778.